The molecule has 0 aliphatic heterocycles. The van der Waals surface area contributed by atoms with Crippen LogP contribution in [0.15, 0.2) is 80.5 Å². The Bertz CT molecular complexity index is 2630. The smallest absolute Gasteiger partial charge is 0.260 e. The normalized spacial score (nSPS) is 12.4. The molecule has 4 heterocycles. The van der Waals surface area contributed by atoms with Gasteiger partial charge in [0.1, 0.15) is 0 Å². The molecule has 4 aromatic heterocycles. The van der Waals surface area contributed by atoms with Crippen molar-refractivity contribution in [1.29, 1.82) is 0 Å². The second-order valence-electron chi connectivity index (χ2n) is 16.0. The summed E-state index contributed by atoms with van der Waals surface area (Å²) < 4.78 is 3.12. The van der Waals surface area contributed by atoms with E-state index in [1.165, 1.54) is 0 Å². The Kier molecular flexibility index (Phi) is 15.7. The minimum Gasteiger partial charge on any atom is -0.351 e. The number of rotatable bonds is 20. The van der Waals surface area contributed by atoms with Crippen molar-refractivity contribution >= 4 is 66.8 Å². The largest absolute Gasteiger partial charge is 0.351 e. The Balaban J connectivity index is 1.23. The highest BCUT2D eigenvalue weighted by Crippen LogP contribution is 2.25. The van der Waals surface area contributed by atoms with Gasteiger partial charge in [0.25, 0.3) is 22.9 Å². The highest BCUT2D eigenvalue weighted by Gasteiger charge is 2.21. The van der Waals surface area contributed by atoms with Crippen LogP contribution in [0.3, 0.4) is 0 Å². The van der Waals surface area contributed by atoms with Crippen LogP contribution in [0.5, 0.6) is 0 Å². The summed E-state index contributed by atoms with van der Waals surface area (Å²) in [5.74, 6) is -0.577. The molecule has 14 heteroatoms. The number of carbonyl (C=O) groups is 2. The minimum absolute atomic E-state index is 0.187. The number of amides is 2. The molecular formula is C49H62N10O4. The number of hydrogen-bond donors (Lipinski definition) is 2. The molecule has 0 atom stereocenters. The monoisotopic (exact) mass is 854 g/mol. The molecule has 0 radical (unpaired) electrons. The van der Waals surface area contributed by atoms with Gasteiger partial charge < -0.3 is 29.6 Å². The second kappa shape index (κ2) is 21.3. The molecule has 0 bridgehead atoms. The number of benzene rings is 2. The van der Waals surface area contributed by atoms with E-state index < -0.39 is 0 Å². The summed E-state index contributed by atoms with van der Waals surface area (Å²) >= 11 is 0. The first kappa shape index (κ1) is 46.4. The number of para-hydroxylation sites is 2. The Morgan fingerprint density at radius 1 is 0.619 bits per heavy atom. The zero-order valence-electron chi connectivity index (χ0n) is 38.2. The van der Waals surface area contributed by atoms with Gasteiger partial charge in [0, 0.05) is 74.9 Å². The Morgan fingerprint density at radius 2 is 1.02 bits per heavy atom. The number of nitrogens with zero attached hydrogens (tertiary/aromatic N) is 8. The zero-order valence-corrected chi connectivity index (χ0v) is 38.2. The third kappa shape index (κ3) is 10.6. The molecule has 2 N–H and O–H groups in total. The summed E-state index contributed by atoms with van der Waals surface area (Å²) in [6.45, 7) is 18.5. The number of pyridine rings is 4. The molecule has 6 aromatic rings. The summed E-state index contributed by atoms with van der Waals surface area (Å²) in [5.41, 5.74) is 5.87. The van der Waals surface area contributed by atoms with Crippen LogP contribution in [0.4, 0.5) is 0 Å². The van der Waals surface area contributed by atoms with E-state index in [9.17, 15) is 19.2 Å². The van der Waals surface area contributed by atoms with Crippen LogP contribution in [0.1, 0.15) is 78.8 Å². The predicted molar refractivity (Wildman–Crippen MR) is 257 cm³/mol. The fraction of sp³-hybridized carbons (Fsp3) is 0.429. The molecule has 2 aromatic carbocycles. The first-order chi connectivity index (χ1) is 30.4. The quantitative estimate of drug-likeness (QED) is 0.0681. The van der Waals surface area contributed by atoms with Crippen molar-refractivity contribution in [2.24, 2.45) is 9.98 Å². The van der Waals surface area contributed by atoms with Crippen LogP contribution in [0.2, 0.25) is 0 Å². The van der Waals surface area contributed by atoms with E-state index in [1.54, 1.807) is 35.6 Å². The lowest BCUT2D eigenvalue weighted by Gasteiger charge is -2.19. The van der Waals surface area contributed by atoms with E-state index in [0.717, 1.165) is 70.5 Å². The van der Waals surface area contributed by atoms with Crippen molar-refractivity contribution in [1.82, 2.24) is 39.5 Å². The summed E-state index contributed by atoms with van der Waals surface area (Å²) in [4.78, 5) is 79.3. The van der Waals surface area contributed by atoms with Crippen molar-refractivity contribution in [3.05, 3.63) is 104 Å². The number of likely N-dealkylation sites (N-methyl/N-ethyl adjacent to an activating group) is 2. The van der Waals surface area contributed by atoms with Crippen molar-refractivity contribution in [2.45, 2.75) is 73.9 Å². The van der Waals surface area contributed by atoms with Gasteiger partial charge in [-0.3, -0.25) is 29.2 Å². The van der Waals surface area contributed by atoms with E-state index in [2.05, 4.69) is 58.1 Å². The fourth-order valence-electron chi connectivity index (χ4n) is 8.20. The molecule has 332 valence electrons. The van der Waals surface area contributed by atoms with Crippen LogP contribution >= 0.6 is 0 Å². The predicted octanol–water partition coefficient (Wildman–Crippen LogP) is 6.18. The van der Waals surface area contributed by atoms with Gasteiger partial charge in [0.2, 0.25) is 0 Å². The maximum atomic E-state index is 14.1. The Hall–Kier alpha value is -6.12. The molecule has 63 heavy (non-hydrogen) atoms. The summed E-state index contributed by atoms with van der Waals surface area (Å²) in [6, 6.07) is 15.3. The number of nitrogens with one attached hydrogen (secondary N) is 2. The molecule has 14 nitrogen and oxygen atoms in total. The standard InChI is InChI=1S/C49H62N10O4/c1-9-56(10-2)24-22-52-46(60)40-30-58(48(62)38-26-34-18-13-16-32(5)42(34)54-44(38)40)28-36(50-7)20-15-21-37(51-8)29-59-31-41(47(61)53-23-25-57(11-3)12-4)45-39(49(59)63)27-35-19-14-17-33(6)43(35)55-45/h13-14,16-19,26-27,30-31H,9-12,15,20-25,28-29H2,1-8H3,(H,52,60)(H,53,61). The Labute approximate surface area is 369 Å². The highest BCUT2D eigenvalue weighted by atomic mass is 16.2. The molecule has 0 aliphatic carbocycles. The second-order valence-corrected chi connectivity index (χ2v) is 16.0. The topological polar surface area (TPSA) is 159 Å². The van der Waals surface area contributed by atoms with Gasteiger partial charge >= 0.3 is 0 Å². The van der Waals surface area contributed by atoms with Gasteiger partial charge in [-0.05, 0) is 82.5 Å². The van der Waals surface area contributed by atoms with Gasteiger partial charge in [0.05, 0.1) is 57.1 Å². The number of carbonyl (C=O) groups excluding carboxylic acids is 2. The maximum absolute atomic E-state index is 14.1. The van der Waals surface area contributed by atoms with E-state index in [1.807, 2.05) is 62.4 Å². The van der Waals surface area contributed by atoms with Crippen LogP contribution in [0, 0.1) is 13.8 Å². The van der Waals surface area contributed by atoms with E-state index in [0.29, 0.717) is 78.4 Å². The summed E-state index contributed by atoms with van der Waals surface area (Å²) in [7, 11) is 3.41. The third-order valence-corrected chi connectivity index (χ3v) is 12.1. The van der Waals surface area contributed by atoms with Gasteiger partial charge in [-0.15, -0.1) is 0 Å². The third-order valence-electron chi connectivity index (χ3n) is 12.1. The fourth-order valence-corrected chi connectivity index (χ4v) is 8.20. The van der Waals surface area contributed by atoms with Crippen LogP contribution < -0.4 is 21.8 Å². The van der Waals surface area contributed by atoms with E-state index >= 15 is 0 Å². The number of aryl methyl sites for hydroxylation is 2. The molecule has 2 amide bonds. The lowest BCUT2D eigenvalue weighted by Crippen LogP contribution is -2.36. The van der Waals surface area contributed by atoms with E-state index in [4.69, 9.17) is 9.97 Å². The van der Waals surface area contributed by atoms with Gasteiger partial charge in [-0.1, -0.05) is 64.1 Å². The number of aromatic nitrogens is 4. The molecule has 0 aliphatic rings. The first-order valence-corrected chi connectivity index (χ1v) is 22.2. The summed E-state index contributed by atoms with van der Waals surface area (Å²) in [5, 5.41) is 8.52. The number of aliphatic imine (C=N–C) groups is 2. The summed E-state index contributed by atoms with van der Waals surface area (Å²) in [6.07, 6.45) is 4.95. The molecule has 0 spiro atoms. The zero-order chi connectivity index (χ0) is 45.2. The number of fused-ring (bicyclic) bond motifs is 4. The van der Waals surface area contributed by atoms with Crippen molar-refractivity contribution in [3.8, 4) is 0 Å². The van der Waals surface area contributed by atoms with E-state index in [-0.39, 0.29) is 36.0 Å². The highest BCUT2D eigenvalue weighted by molar-refractivity contribution is 6.09. The van der Waals surface area contributed by atoms with Gasteiger partial charge in [-0.25, -0.2) is 9.97 Å². The van der Waals surface area contributed by atoms with Crippen LogP contribution in [-0.4, -0.2) is 119 Å². The molecule has 0 saturated carbocycles. The van der Waals surface area contributed by atoms with Crippen molar-refractivity contribution in [3.63, 3.8) is 0 Å². The Morgan fingerprint density at radius 3 is 1.38 bits per heavy atom. The minimum atomic E-state index is -0.289. The first-order valence-electron chi connectivity index (χ1n) is 22.2. The molecule has 6 rings (SSSR count). The van der Waals surface area contributed by atoms with Gasteiger partial charge in [0.15, 0.2) is 0 Å². The lowest BCUT2D eigenvalue weighted by atomic mass is 10.1. The average molecular weight is 855 g/mol. The van der Waals surface area contributed by atoms with Crippen molar-refractivity contribution < 1.29 is 9.59 Å². The lowest BCUT2D eigenvalue weighted by molar-refractivity contribution is 0.0941. The van der Waals surface area contributed by atoms with Gasteiger partial charge in [-0.2, -0.15) is 0 Å². The van der Waals surface area contributed by atoms with Crippen molar-refractivity contribution in [2.75, 3.05) is 66.5 Å². The molecule has 0 fully saturated rings. The number of hydrogen-bond acceptors (Lipinski definition) is 10. The molecular weight excluding hydrogens is 793 g/mol. The molecule has 0 saturated heterocycles. The SMILES string of the molecule is CCN(CC)CCNC(=O)c1cn(CC(CCCC(Cn2cc(C(=O)NCCN(CC)CC)c3nc4c(C)cccc4cc3c2=O)=NC)=NC)c(=O)c2cc3cccc(C)c3nc12. The van der Waals surface area contributed by atoms with Crippen LogP contribution in [-0.2, 0) is 13.1 Å². The maximum Gasteiger partial charge on any atom is 0.260 e. The van der Waals surface area contributed by atoms with Crippen LogP contribution in [0.25, 0.3) is 43.6 Å². The molecule has 0 unspecified atom stereocenters. The average Bonchev–Trinajstić information content (AvgIpc) is 3.29.